The van der Waals surface area contributed by atoms with Crippen molar-refractivity contribution in [3.8, 4) is 11.1 Å². The van der Waals surface area contributed by atoms with E-state index in [0.29, 0.717) is 16.4 Å². The van der Waals surface area contributed by atoms with Gasteiger partial charge in [0.15, 0.2) is 0 Å². The molecule has 1 unspecified atom stereocenters. The number of pyridine rings is 1. The predicted molar refractivity (Wildman–Crippen MR) is 118 cm³/mol. The SMILES string of the molecule is CC(Nc1c(Nc2ccncc2)c(=O)c1=O)c1ccc(-c2ccc(Cl)cc2)cc1. The van der Waals surface area contributed by atoms with Gasteiger partial charge in [-0.15, -0.1) is 0 Å². The van der Waals surface area contributed by atoms with E-state index >= 15 is 0 Å². The van der Waals surface area contributed by atoms with Crippen molar-refractivity contribution in [2.24, 2.45) is 0 Å². The smallest absolute Gasteiger partial charge is 0.253 e. The van der Waals surface area contributed by atoms with Gasteiger partial charge in [-0.1, -0.05) is 48.0 Å². The molecule has 4 rings (SSSR count). The third-order valence-electron chi connectivity index (χ3n) is 4.81. The van der Waals surface area contributed by atoms with Gasteiger partial charge < -0.3 is 10.6 Å². The van der Waals surface area contributed by atoms with Gasteiger partial charge in [-0.3, -0.25) is 14.6 Å². The largest absolute Gasteiger partial charge is 0.373 e. The molecule has 3 aromatic carbocycles. The first-order valence-electron chi connectivity index (χ1n) is 9.16. The zero-order chi connectivity index (χ0) is 20.4. The maximum atomic E-state index is 12.1. The Balaban J connectivity index is 1.51. The molecule has 0 amide bonds. The molecule has 0 aliphatic heterocycles. The summed E-state index contributed by atoms with van der Waals surface area (Å²) < 4.78 is 0. The number of benzene rings is 2. The number of aromatic nitrogens is 1. The highest BCUT2D eigenvalue weighted by atomic mass is 35.5. The molecule has 0 aliphatic carbocycles. The van der Waals surface area contributed by atoms with Crippen molar-refractivity contribution in [1.29, 1.82) is 0 Å². The topological polar surface area (TPSA) is 71.1 Å². The van der Waals surface area contributed by atoms with E-state index in [9.17, 15) is 9.59 Å². The summed E-state index contributed by atoms with van der Waals surface area (Å²) in [5, 5.41) is 6.86. The molecular formula is C23H18ClN3O2. The second-order valence-electron chi connectivity index (χ2n) is 6.76. The first-order valence-corrected chi connectivity index (χ1v) is 9.53. The highest BCUT2D eigenvalue weighted by Gasteiger charge is 2.22. The van der Waals surface area contributed by atoms with Crippen LogP contribution in [0.2, 0.25) is 5.02 Å². The summed E-state index contributed by atoms with van der Waals surface area (Å²) in [4.78, 5) is 28.0. The van der Waals surface area contributed by atoms with Crippen LogP contribution in [-0.4, -0.2) is 4.98 Å². The van der Waals surface area contributed by atoms with Crippen molar-refractivity contribution < 1.29 is 0 Å². The predicted octanol–water partition coefficient (Wildman–Crippen LogP) is 4.91. The Labute approximate surface area is 172 Å². The number of halogens is 1. The van der Waals surface area contributed by atoms with Gasteiger partial charge in [0.05, 0.1) is 0 Å². The van der Waals surface area contributed by atoms with Crippen LogP contribution in [0, 0.1) is 0 Å². The van der Waals surface area contributed by atoms with Crippen LogP contribution in [-0.2, 0) is 0 Å². The molecule has 0 saturated heterocycles. The van der Waals surface area contributed by atoms with E-state index in [1.165, 1.54) is 0 Å². The molecule has 29 heavy (non-hydrogen) atoms. The van der Waals surface area contributed by atoms with Crippen molar-refractivity contribution >= 4 is 28.7 Å². The highest BCUT2D eigenvalue weighted by molar-refractivity contribution is 6.30. The van der Waals surface area contributed by atoms with Crippen LogP contribution in [0.15, 0.2) is 82.6 Å². The molecule has 144 valence electrons. The number of hydrogen-bond donors (Lipinski definition) is 2. The molecule has 4 aromatic rings. The second-order valence-corrected chi connectivity index (χ2v) is 7.20. The van der Waals surface area contributed by atoms with Crippen LogP contribution in [0.4, 0.5) is 17.1 Å². The van der Waals surface area contributed by atoms with Gasteiger partial charge >= 0.3 is 0 Å². The molecule has 0 saturated carbocycles. The van der Waals surface area contributed by atoms with Crippen LogP contribution in [0.25, 0.3) is 11.1 Å². The second kappa shape index (κ2) is 7.89. The normalized spacial score (nSPS) is 11.9. The maximum Gasteiger partial charge on any atom is 0.253 e. The van der Waals surface area contributed by atoms with E-state index in [1.54, 1.807) is 24.5 Å². The number of hydrogen-bond acceptors (Lipinski definition) is 5. The van der Waals surface area contributed by atoms with Crippen LogP contribution >= 0.6 is 11.6 Å². The quantitative estimate of drug-likeness (QED) is 0.447. The zero-order valence-corrected chi connectivity index (χ0v) is 16.4. The fraction of sp³-hybridized carbons (Fsp3) is 0.0870. The molecule has 6 heteroatoms. The molecule has 5 nitrogen and oxygen atoms in total. The third kappa shape index (κ3) is 3.91. The van der Waals surface area contributed by atoms with Gasteiger partial charge in [0, 0.05) is 29.1 Å². The first kappa shape index (κ1) is 18.9. The van der Waals surface area contributed by atoms with Crippen LogP contribution in [0.5, 0.6) is 0 Å². The third-order valence-corrected chi connectivity index (χ3v) is 5.06. The minimum atomic E-state index is -0.519. The molecule has 0 bridgehead atoms. The van der Waals surface area contributed by atoms with Crippen molar-refractivity contribution in [2.75, 3.05) is 10.6 Å². The molecule has 0 aliphatic rings. The minimum absolute atomic E-state index is 0.143. The number of rotatable bonds is 6. The summed E-state index contributed by atoms with van der Waals surface area (Å²) in [6, 6.07) is 19.0. The Morgan fingerprint density at radius 3 is 1.97 bits per heavy atom. The van der Waals surface area contributed by atoms with E-state index in [0.717, 1.165) is 16.7 Å². The number of anilines is 3. The van der Waals surface area contributed by atoms with Gasteiger partial charge in [0.1, 0.15) is 11.4 Å². The minimum Gasteiger partial charge on any atom is -0.373 e. The Kier molecular flexibility index (Phi) is 5.14. The number of nitrogens with one attached hydrogen (secondary N) is 2. The van der Waals surface area contributed by atoms with E-state index in [4.69, 9.17) is 11.6 Å². The van der Waals surface area contributed by atoms with Crippen LogP contribution in [0.1, 0.15) is 18.5 Å². The van der Waals surface area contributed by atoms with Crippen LogP contribution in [0.3, 0.4) is 0 Å². The lowest BCUT2D eigenvalue weighted by molar-refractivity contribution is 0.880. The van der Waals surface area contributed by atoms with Gasteiger partial charge in [0.2, 0.25) is 0 Å². The standard InChI is InChI=1S/C23H18ClN3O2/c1-14(15-2-4-16(5-3-15)17-6-8-18(24)9-7-17)26-20-21(23(29)22(20)28)27-19-10-12-25-13-11-19/h2-14,26H,1H3,(H,25,27). The average Bonchev–Trinajstić information content (AvgIpc) is 2.77. The summed E-state index contributed by atoms with van der Waals surface area (Å²) in [6.45, 7) is 1.95. The summed E-state index contributed by atoms with van der Waals surface area (Å²) in [5.41, 5.74) is 3.42. The van der Waals surface area contributed by atoms with E-state index in [-0.39, 0.29) is 11.7 Å². The van der Waals surface area contributed by atoms with Gasteiger partial charge in [0.25, 0.3) is 10.9 Å². The highest BCUT2D eigenvalue weighted by Crippen LogP contribution is 2.27. The van der Waals surface area contributed by atoms with E-state index in [2.05, 4.69) is 15.6 Å². The molecule has 1 aromatic heterocycles. The van der Waals surface area contributed by atoms with Crippen molar-refractivity contribution in [1.82, 2.24) is 4.98 Å². The molecular weight excluding hydrogens is 386 g/mol. The van der Waals surface area contributed by atoms with Crippen molar-refractivity contribution in [3.05, 3.63) is 104 Å². The molecule has 0 fully saturated rings. The lowest BCUT2D eigenvalue weighted by Crippen LogP contribution is -2.37. The summed E-state index contributed by atoms with van der Waals surface area (Å²) in [6.07, 6.45) is 3.23. The molecule has 0 radical (unpaired) electrons. The van der Waals surface area contributed by atoms with Gasteiger partial charge in [-0.2, -0.15) is 0 Å². The first-order chi connectivity index (χ1) is 14.0. The van der Waals surface area contributed by atoms with E-state index < -0.39 is 10.9 Å². The maximum absolute atomic E-state index is 12.1. The Morgan fingerprint density at radius 2 is 1.34 bits per heavy atom. The zero-order valence-electron chi connectivity index (χ0n) is 15.6. The number of nitrogens with zero attached hydrogens (tertiary/aromatic N) is 1. The van der Waals surface area contributed by atoms with Crippen LogP contribution < -0.4 is 21.5 Å². The Hall–Kier alpha value is -3.44. The van der Waals surface area contributed by atoms with E-state index in [1.807, 2.05) is 55.5 Å². The molecule has 2 N–H and O–H groups in total. The fourth-order valence-corrected chi connectivity index (χ4v) is 3.26. The Morgan fingerprint density at radius 1 is 0.793 bits per heavy atom. The lowest BCUT2D eigenvalue weighted by atomic mass is 10.0. The summed E-state index contributed by atoms with van der Waals surface area (Å²) >= 11 is 5.95. The fourth-order valence-electron chi connectivity index (χ4n) is 3.13. The summed E-state index contributed by atoms with van der Waals surface area (Å²) in [7, 11) is 0. The van der Waals surface area contributed by atoms with Gasteiger partial charge in [-0.25, -0.2) is 0 Å². The van der Waals surface area contributed by atoms with Crippen molar-refractivity contribution in [2.45, 2.75) is 13.0 Å². The van der Waals surface area contributed by atoms with Crippen molar-refractivity contribution in [3.63, 3.8) is 0 Å². The van der Waals surface area contributed by atoms with Gasteiger partial charge in [-0.05, 0) is 47.9 Å². The Bertz CT molecular complexity index is 1200. The molecule has 0 spiro atoms. The average molecular weight is 404 g/mol. The molecule has 1 atom stereocenters. The monoisotopic (exact) mass is 403 g/mol. The molecule has 1 heterocycles. The summed E-state index contributed by atoms with van der Waals surface area (Å²) in [5.74, 6) is 0. The lowest BCUT2D eigenvalue weighted by Gasteiger charge is -2.20.